The highest BCUT2D eigenvalue weighted by Gasteiger charge is 2.41. The second-order valence-electron chi connectivity index (χ2n) is 7.22. The molecular formula is C23H24N4O2S. The average molecular weight is 421 g/mol. The Morgan fingerprint density at radius 3 is 2.60 bits per heavy atom. The topological polar surface area (TPSA) is 59.4 Å². The van der Waals surface area contributed by atoms with Crippen molar-refractivity contribution >= 4 is 23.3 Å². The first-order valence-corrected chi connectivity index (χ1v) is 10.3. The number of rotatable bonds is 6. The monoisotopic (exact) mass is 420 g/mol. The molecule has 0 unspecified atom stereocenters. The van der Waals surface area contributed by atoms with Crippen molar-refractivity contribution in [1.82, 2.24) is 19.8 Å². The number of pyridine rings is 1. The molecule has 1 aromatic carbocycles. The number of carbonyl (C=O) groups is 1. The van der Waals surface area contributed by atoms with Crippen molar-refractivity contribution in [3.05, 3.63) is 83.9 Å². The van der Waals surface area contributed by atoms with Crippen LogP contribution in [0.15, 0.2) is 66.9 Å². The normalized spacial score (nSPS) is 18.3. The van der Waals surface area contributed by atoms with Crippen molar-refractivity contribution < 1.29 is 9.53 Å². The fourth-order valence-corrected chi connectivity index (χ4v) is 4.33. The fraction of sp³-hybridized carbons (Fsp3) is 0.261. The summed E-state index contributed by atoms with van der Waals surface area (Å²) in [6, 6.07) is 20.1. The maximum Gasteiger partial charge on any atom is 0.307 e. The van der Waals surface area contributed by atoms with E-state index in [1.54, 1.807) is 6.20 Å². The summed E-state index contributed by atoms with van der Waals surface area (Å²) in [6.07, 6.45) is 2.05. The Bertz CT molecular complexity index is 1040. The Labute approximate surface area is 181 Å². The summed E-state index contributed by atoms with van der Waals surface area (Å²) in [4.78, 5) is 18.5. The van der Waals surface area contributed by atoms with Crippen LogP contribution < -0.4 is 5.32 Å². The molecule has 1 aliphatic rings. The molecule has 3 aromatic rings. The van der Waals surface area contributed by atoms with Gasteiger partial charge < -0.3 is 19.5 Å². The minimum atomic E-state index is -0.257. The van der Waals surface area contributed by atoms with Gasteiger partial charge in [0.2, 0.25) is 0 Å². The molecule has 30 heavy (non-hydrogen) atoms. The van der Waals surface area contributed by atoms with Crippen LogP contribution in [-0.2, 0) is 9.53 Å². The lowest BCUT2D eigenvalue weighted by Crippen LogP contribution is -2.32. The number of methoxy groups -OCH3 is 1. The minimum Gasteiger partial charge on any atom is -0.469 e. The summed E-state index contributed by atoms with van der Waals surface area (Å²) in [5.41, 5.74) is 4.21. The van der Waals surface area contributed by atoms with E-state index in [0.717, 1.165) is 22.8 Å². The van der Waals surface area contributed by atoms with Crippen molar-refractivity contribution in [3.8, 4) is 5.69 Å². The lowest BCUT2D eigenvalue weighted by molar-refractivity contribution is -0.140. The molecule has 7 heteroatoms. The molecule has 0 bridgehead atoms. The van der Waals surface area contributed by atoms with Gasteiger partial charge in [0.25, 0.3) is 0 Å². The third kappa shape index (κ3) is 3.80. The molecule has 0 aliphatic carbocycles. The van der Waals surface area contributed by atoms with Crippen molar-refractivity contribution in [2.45, 2.75) is 25.4 Å². The van der Waals surface area contributed by atoms with Crippen LogP contribution in [0.4, 0.5) is 0 Å². The van der Waals surface area contributed by atoms with Gasteiger partial charge in [-0.3, -0.25) is 9.78 Å². The van der Waals surface area contributed by atoms with Gasteiger partial charge in [-0.25, -0.2) is 0 Å². The summed E-state index contributed by atoms with van der Waals surface area (Å²) < 4.78 is 7.09. The minimum absolute atomic E-state index is 0.119. The number of hydrogen-bond acceptors (Lipinski definition) is 4. The van der Waals surface area contributed by atoms with Gasteiger partial charge in [-0.1, -0.05) is 24.3 Å². The highest BCUT2D eigenvalue weighted by molar-refractivity contribution is 7.80. The zero-order chi connectivity index (χ0) is 21.1. The Morgan fingerprint density at radius 1 is 1.13 bits per heavy atom. The summed E-state index contributed by atoms with van der Waals surface area (Å²) in [5.74, 6) is -0.257. The number of carbonyl (C=O) groups excluding carboxylic acids is 1. The van der Waals surface area contributed by atoms with Crippen LogP contribution in [0.2, 0.25) is 0 Å². The van der Waals surface area contributed by atoms with Gasteiger partial charge in [0.05, 0.1) is 31.3 Å². The Morgan fingerprint density at radius 2 is 1.90 bits per heavy atom. The SMILES string of the molecule is COC(=O)CCN1C(=S)N[C@H](c2ccccn2)[C@@H]1c1ccc(C)n1-c1ccccc1. The molecule has 0 saturated carbocycles. The smallest absolute Gasteiger partial charge is 0.307 e. The number of esters is 1. The van der Waals surface area contributed by atoms with Gasteiger partial charge in [0, 0.05) is 29.8 Å². The second kappa shape index (κ2) is 8.67. The number of hydrogen-bond donors (Lipinski definition) is 1. The summed E-state index contributed by atoms with van der Waals surface area (Å²) in [5, 5.41) is 4.04. The number of aryl methyl sites for hydroxylation is 1. The standard InChI is InChI=1S/C23H24N4O2S/c1-16-11-12-19(27(16)17-8-4-3-5-9-17)22-21(18-10-6-7-14-24-18)25-23(30)26(22)15-13-20(28)29-2/h3-12,14,21-22H,13,15H2,1-2H3,(H,25,30)/t21-,22+/m1/s1. The first-order chi connectivity index (χ1) is 14.6. The molecule has 1 N–H and O–H groups in total. The first kappa shape index (κ1) is 20.1. The van der Waals surface area contributed by atoms with Crippen LogP contribution in [0.1, 0.15) is 35.6 Å². The summed E-state index contributed by atoms with van der Waals surface area (Å²) in [7, 11) is 1.40. The Hall–Kier alpha value is -3.19. The van der Waals surface area contributed by atoms with Gasteiger partial charge in [-0.15, -0.1) is 0 Å². The molecule has 0 spiro atoms. The molecule has 0 amide bonds. The third-order valence-corrected chi connectivity index (χ3v) is 5.76. The van der Waals surface area contributed by atoms with E-state index in [0.29, 0.717) is 11.7 Å². The highest BCUT2D eigenvalue weighted by atomic mass is 32.1. The molecule has 2 aromatic heterocycles. The Balaban J connectivity index is 1.79. The predicted octanol–water partition coefficient (Wildman–Crippen LogP) is 3.72. The second-order valence-corrected chi connectivity index (χ2v) is 7.60. The van der Waals surface area contributed by atoms with Gasteiger partial charge in [0.1, 0.15) is 0 Å². The molecule has 154 valence electrons. The van der Waals surface area contributed by atoms with Crippen molar-refractivity contribution in [2.24, 2.45) is 0 Å². The number of nitrogens with one attached hydrogen (secondary N) is 1. The molecule has 6 nitrogen and oxygen atoms in total. The van der Waals surface area contributed by atoms with Gasteiger partial charge in [0.15, 0.2) is 5.11 Å². The molecule has 2 atom stereocenters. The largest absolute Gasteiger partial charge is 0.469 e. The number of para-hydroxylation sites is 1. The number of nitrogens with zero attached hydrogens (tertiary/aromatic N) is 3. The molecule has 1 fully saturated rings. The van der Waals surface area contributed by atoms with E-state index in [9.17, 15) is 4.79 Å². The third-order valence-electron chi connectivity index (χ3n) is 5.41. The maximum absolute atomic E-state index is 11.8. The van der Waals surface area contributed by atoms with Crippen LogP contribution in [0.3, 0.4) is 0 Å². The number of thiocarbonyl (C=S) groups is 1. The lowest BCUT2D eigenvalue weighted by atomic mass is 10.0. The van der Waals surface area contributed by atoms with Crippen molar-refractivity contribution in [1.29, 1.82) is 0 Å². The number of ether oxygens (including phenoxy) is 1. The van der Waals surface area contributed by atoms with Gasteiger partial charge in [-0.2, -0.15) is 0 Å². The van der Waals surface area contributed by atoms with Crippen LogP contribution in [0.25, 0.3) is 5.69 Å². The van der Waals surface area contributed by atoms with E-state index in [1.807, 2.05) is 36.4 Å². The summed E-state index contributed by atoms with van der Waals surface area (Å²) >= 11 is 5.68. The molecule has 3 heterocycles. The molecule has 4 rings (SSSR count). The number of aromatic nitrogens is 2. The molecular weight excluding hydrogens is 396 g/mol. The first-order valence-electron chi connectivity index (χ1n) is 9.88. The van der Waals surface area contributed by atoms with E-state index in [-0.39, 0.29) is 24.5 Å². The Kier molecular flexibility index (Phi) is 5.81. The molecule has 0 radical (unpaired) electrons. The fourth-order valence-electron chi connectivity index (χ4n) is 4.00. The van der Waals surface area contributed by atoms with E-state index >= 15 is 0 Å². The number of benzene rings is 1. The predicted molar refractivity (Wildman–Crippen MR) is 119 cm³/mol. The van der Waals surface area contributed by atoms with Crippen molar-refractivity contribution in [2.75, 3.05) is 13.7 Å². The van der Waals surface area contributed by atoms with Crippen LogP contribution in [0.5, 0.6) is 0 Å². The molecule has 1 aliphatic heterocycles. The zero-order valence-corrected chi connectivity index (χ0v) is 17.8. The lowest BCUT2D eigenvalue weighted by Gasteiger charge is -2.29. The van der Waals surface area contributed by atoms with E-state index < -0.39 is 0 Å². The van der Waals surface area contributed by atoms with Gasteiger partial charge >= 0.3 is 5.97 Å². The van der Waals surface area contributed by atoms with Crippen molar-refractivity contribution in [3.63, 3.8) is 0 Å². The highest BCUT2D eigenvalue weighted by Crippen LogP contribution is 2.40. The average Bonchev–Trinajstić information content (AvgIpc) is 3.32. The van der Waals surface area contributed by atoms with E-state index in [2.05, 4.69) is 51.0 Å². The quantitative estimate of drug-likeness (QED) is 0.485. The van der Waals surface area contributed by atoms with Crippen LogP contribution in [0, 0.1) is 6.92 Å². The van der Waals surface area contributed by atoms with E-state index in [4.69, 9.17) is 17.0 Å². The zero-order valence-electron chi connectivity index (χ0n) is 17.0. The van der Waals surface area contributed by atoms with Crippen LogP contribution in [-0.4, -0.2) is 39.2 Å². The van der Waals surface area contributed by atoms with Crippen LogP contribution >= 0.6 is 12.2 Å². The van der Waals surface area contributed by atoms with Gasteiger partial charge in [-0.05, 0) is 55.5 Å². The van der Waals surface area contributed by atoms with E-state index in [1.165, 1.54) is 7.11 Å². The summed E-state index contributed by atoms with van der Waals surface area (Å²) in [6.45, 7) is 2.55. The molecule has 1 saturated heterocycles. The maximum atomic E-state index is 11.8.